The number of aliphatic hydroxyl groups excluding tert-OH is 2. The molecule has 0 saturated carbocycles. The van der Waals surface area contributed by atoms with E-state index in [1.807, 2.05) is 33.9 Å². The molecule has 0 unspecified atom stereocenters. The summed E-state index contributed by atoms with van der Waals surface area (Å²) >= 11 is 0. The molecule has 9 atom stereocenters. The van der Waals surface area contributed by atoms with Crippen LogP contribution in [0, 0.1) is 36.0 Å². The maximum absolute atomic E-state index is 14.7. The van der Waals surface area contributed by atoms with E-state index in [4.69, 9.17) is 18.9 Å². The molecule has 16 nitrogen and oxygen atoms in total. The Morgan fingerprint density at radius 1 is 0.935 bits per heavy atom. The number of piperazine rings is 1. The van der Waals surface area contributed by atoms with Gasteiger partial charge in [-0.05, 0) is 38.3 Å². The highest BCUT2D eigenvalue weighted by atomic mass is 16.7. The maximum Gasteiger partial charge on any atom is 0.312 e. The summed E-state index contributed by atoms with van der Waals surface area (Å²) in [6.45, 7) is 18.8. The lowest BCUT2D eigenvalue weighted by atomic mass is 9.71. The smallest absolute Gasteiger partial charge is 0.312 e. The predicted octanol–water partition coefficient (Wildman–Crippen LogP) is 4.26. The van der Waals surface area contributed by atoms with Crippen LogP contribution in [0.25, 0.3) is 0 Å². The van der Waals surface area contributed by atoms with E-state index in [1.54, 1.807) is 31.9 Å². The number of methoxy groups -OCH3 is 1. The lowest BCUT2D eigenvalue weighted by molar-refractivity contribution is -0.161. The molecular weight excluding hydrogens is 801 g/mol. The minimum absolute atomic E-state index is 0.0104. The van der Waals surface area contributed by atoms with Crippen LogP contribution in [0.2, 0.25) is 0 Å². The Hall–Kier alpha value is -5.16. The third-order valence-corrected chi connectivity index (χ3v) is 13.1. The number of nitrogens with one attached hydrogen (secondary N) is 1. The Morgan fingerprint density at radius 2 is 1.58 bits per heavy atom. The van der Waals surface area contributed by atoms with Gasteiger partial charge in [0.05, 0.1) is 53.1 Å². The molecule has 62 heavy (non-hydrogen) atoms. The van der Waals surface area contributed by atoms with Crippen molar-refractivity contribution in [2.75, 3.05) is 40.3 Å². The number of ether oxygens (including phenoxy) is 4. The molecule has 0 aromatic heterocycles. The number of hydrogen-bond donors (Lipinski definition) is 4. The number of fused-ring (bicyclic) bond motifs is 15. The molecule has 0 radical (unpaired) electrons. The summed E-state index contributed by atoms with van der Waals surface area (Å²) < 4.78 is 23.6. The van der Waals surface area contributed by atoms with Gasteiger partial charge in [-0.1, -0.05) is 59.8 Å². The summed E-state index contributed by atoms with van der Waals surface area (Å²) in [5, 5.41) is 43.8. The van der Waals surface area contributed by atoms with E-state index >= 15 is 0 Å². The highest BCUT2D eigenvalue weighted by Crippen LogP contribution is 2.48. The summed E-state index contributed by atoms with van der Waals surface area (Å²) in [4.78, 5) is 72.1. The van der Waals surface area contributed by atoms with Crippen molar-refractivity contribution in [3.05, 3.63) is 69.7 Å². The maximum atomic E-state index is 14.7. The first-order valence-corrected chi connectivity index (χ1v) is 21.0. The number of carbonyl (C=O) groups excluding carboxylic acids is 5. The van der Waals surface area contributed by atoms with Gasteiger partial charge in [-0.2, -0.15) is 5.10 Å². The summed E-state index contributed by atoms with van der Waals surface area (Å²) in [6, 6.07) is 0. The number of amides is 1. The largest absolute Gasteiger partial charge is 0.507 e. The molecule has 4 heterocycles. The Bertz CT molecular complexity index is 2130. The fourth-order valence-corrected chi connectivity index (χ4v) is 8.41. The van der Waals surface area contributed by atoms with Crippen molar-refractivity contribution in [1.29, 1.82) is 0 Å². The third kappa shape index (κ3) is 9.29. The molecule has 4 aliphatic heterocycles. The van der Waals surface area contributed by atoms with Crippen molar-refractivity contribution in [2.24, 2.45) is 34.2 Å². The van der Waals surface area contributed by atoms with Crippen LogP contribution < -0.4 is 10.1 Å². The number of esters is 1. The van der Waals surface area contributed by atoms with Crippen LogP contribution >= 0.6 is 0 Å². The Balaban J connectivity index is 1.67. The zero-order valence-electron chi connectivity index (χ0n) is 37.8. The third-order valence-electron chi connectivity index (χ3n) is 13.1. The van der Waals surface area contributed by atoms with E-state index in [-0.39, 0.29) is 28.0 Å². The highest BCUT2D eigenvalue weighted by molar-refractivity contribution is 6.37. The molecule has 1 aromatic carbocycles. The number of aromatic hydroxyl groups is 1. The number of carbonyl (C=O) groups is 5. The molecule has 1 saturated heterocycles. The molecule has 1 amide bonds. The van der Waals surface area contributed by atoms with Gasteiger partial charge >= 0.3 is 11.8 Å². The van der Waals surface area contributed by atoms with Crippen LogP contribution in [0.15, 0.2) is 52.5 Å². The molecule has 1 fully saturated rings. The normalized spacial score (nSPS) is 33.3. The summed E-state index contributed by atoms with van der Waals surface area (Å²) in [6.07, 6.45) is 4.94. The van der Waals surface area contributed by atoms with Crippen LogP contribution in [0.1, 0.15) is 99.0 Å². The van der Waals surface area contributed by atoms with Gasteiger partial charge < -0.3 is 44.5 Å². The molecule has 1 aromatic rings. The highest BCUT2D eigenvalue weighted by Gasteiger charge is 2.52. The Labute approximate surface area is 363 Å². The van der Waals surface area contributed by atoms with E-state index in [2.05, 4.69) is 15.3 Å². The first kappa shape index (κ1) is 47.9. The van der Waals surface area contributed by atoms with Gasteiger partial charge in [0.25, 0.3) is 11.7 Å². The quantitative estimate of drug-likeness (QED) is 0.246. The average Bonchev–Trinajstić information content (AvgIpc) is 3.49. The second-order valence-electron chi connectivity index (χ2n) is 17.8. The standard InChI is InChI=1S/C46H62N4O12/c1-23-14-13-16-45(8,9)28(6)37(53)25(3)36(52)26(4)41(61-29(7)51)24(2)31(59-12)15-21-60-46(10)43(57)34-32-33(38(54)27(5)42(34)62-46)40(56)35(48-44(23)58)30(39(32)55)22-47-50-19-17-49(11)18-20-50/h13-16,21-22,24-26,28,31,36-37,41,52-54H,17-20H2,1-12H3,(H,48,58)/b16-13+,21-15+,23-14-,47-22+/t24-,25+,26-,28-,31+,36-,37-,41-,46+/m1/s1. The molecule has 16 heteroatoms. The van der Waals surface area contributed by atoms with Gasteiger partial charge in [0.1, 0.15) is 23.3 Å². The second kappa shape index (κ2) is 18.7. The minimum atomic E-state index is -2.10. The van der Waals surface area contributed by atoms with Crippen molar-refractivity contribution in [3.8, 4) is 11.5 Å². The number of phenols is 1. The summed E-state index contributed by atoms with van der Waals surface area (Å²) in [5.74, 6) is -9.21. The summed E-state index contributed by atoms with van der Waals surface area (Å²) in [5.41, 5.74) is -2.44. The number of aliphatic hydroxyl groups is 2. The van der Waals surface area contributed by atoms with Crippen molar-refractivity contribution in [1.82, 2.24) is 15.2 Å². The molecule has 5 aliphatic rings. The number of allylic oxidation sites excluding steroid dienone is 5. The molecule has 4 N–H and O–H groups in total. The molecule has 6 rings (SSSR count). The van der Waals surface area contributed by atoms with Crippen molar-refractivity contribution >= 4 is 35.4 Å². The minimum Gasteiger partial charge on any atom is -0.507 e. The molecule has 5 bridgehead atoms. The number of likely N-dealkylation sites (N-methyl/N-ethyl adjacent to an activating group) is 1. The number of hydrazone groups is 1. The number of nitrogens with zero attached hydrogens (tertiary/aromatic N) is 3. The van der Waals surface area contributed by atoms with E-state index in [9.17, 15) is 39.3 Å². The van der Waals surface area contributed by atoms with Gasteiger partial charge in [0.2, 0.25) is 5.78 Å². The first-order chi connectivity index (χ1) is 29.0. The summed E-state index contributed by atoms with van der Waals surface area (Å²) in [7, 11) is 3.40. The number of benzene rings is 1. The van der Waals surface area contributed by atoms with Crippen LogP contribution in [0.4, 0.5) is 0 Å². The van der Waals surface area contributed by atoms with Gasteiger partial charge in [-0.25, -0.2) is 0 Å². The van der Waals surface area contributed by atoms with E-state index in [1.165, 1.54) is 59.4 Å². The fraction of sp³-hybridized carbons (Fsp3) is 0.565. The van der Waals surface area contributed by atoms with Gasteiger partial charge in [0.15, 0.2) is 5.78 Å². The van der Waals surface area contributed by atoms with E-state index in [0.717, 1.165) is 0 Å². The van der Waals surface area contributed by atoms with Crippen LogP contribution in [0.5, 0.6) is 11.5 Å². The van der Waals surface area contributed by atoms with Crippen molar-refractivity contribution in [2.45, 2.75) is 99.4 Å². The number of hydrogen-bond acceptors (Lipinski definition) is 15. The lowest BCUT2D eigenvalue weighted by Gasteiger charge is -2.40. The van der Waals surface area contributed by atoms with E-state index < -0.39 is 111 Å². The molecule has 0 spiro atoms. The number of phenolic OH excluding ortho intramolecular Hbond substituents is 1. The Morgan fingerprint density at radius 3 is 2.19 bits per heavy atom. The zero-order chi connectivity index (χ0) is 46.2. The monoisotopic (exact) mass is 862 g/mol. The lowest BCUT2D eigenvalue weighted by Crippen LogP contribution is -2.47. The van der Waals surface area contributed by atoms with Crippen LogP contribution in [-0.4, -0.2) is 131 Å². The topological polar surface area (TPSA) is 214 Å². The van der Waals surface area contributed by atoms with Crippen molar-refractivity contribution < 1.29 is 58.2 Å². The van der Waals surface area contributed by atoms with Gasteiger partial charge in [-0.3, -0.25) is 29.0 Å². The van der Waals surface area contributed by atoms with Crippen LogP contribution in [0.3, 0.4) is 0 Å². The zero-order valence-corrected chi connectivity index (χ0v) is 37.8. The number of Topliss-reactive ketones (excluding diaryl/α,β-unsaturated/α-hetero) is 3. The van der Waals surface area contributed by atoms with Crippen molar-refractivity contribution in [3.63, 3.8) is 0 Å². The van der Waals surface area contributed by atoms with Gasteiger partial charge in [0, 0.05) is 76.0 Å². The molecule has 1 aliphatic carbocycles. The first-order valence-electron chi connectivity index (χ1n) is 21.0. The number of rotatable bonds is 4. The molecule has 338 valence electrons. The second-order valence-corrected chi connectivity index (χ2v) is 17.8. The predicted molar refractivity (Wildman–Crippen MR) is 230 cm³/mol. The molecular formula is C46H62N4O12. The van der Waals surface area contributed by atoms with E-state index in [0.29, 0.717) is 26.2 Å². The Kier molecular flexibility index (Phi) is 14.4. The average molecular weight is 863 g/mol. The van der Waals surface area contributed by atoms with Gasteiger partial charge in [-0.15, -0.1) is 0 Å². The SMILES string of the molecule is CO[C@H]1/C=C/O[C@@]2(C)Oc3c(C)c(O)c4c(c3C2=O)C(=O)C(/C=N/N2CCN(C)CC2)=C(NC(=O)/C(C)=C\C=C\C(C)(C)[C@H](C)[C@H](O)[C@@H](C)[C@@H](O)[C@@H](C)[C@H](OC(C)=O)[C@@H]1C)C4=O. The van der Waals surface area contributed by atoms with Crippen LogP contribution in [-0.2, 0) is 23.8 Å². The fourth-order valence-electron chi connectivity index (χ4n) is 8.41. The number of ketones is 3.